The van der Waals surface area contributed by atoms with Crippen molar-refractivity contribution in [2.24, 2.45) is 11.3 Å². The summed E-state index contributed by atoms with van der Waals surface area (Å²) < 4.78 is 1.86. The minimum Gasteiger partial charge on any atom is -0.399 e. The Morgan fingerprint density at radius 3 is 2.68 bits per heavy atom. The molecule has 5 heteroatoms. The lowest BCUT2D eigenvalue weighted by Gasteiger charge is -2.29. The third-order valence-electron chi connectivity index (χ3n) is 3.80. The third kappa shape index (κ3) is 2.92. The molecule has 1 aromatic carbocycles. The van der Waals surface area contributed by atoms with E-state index in [-0.39, 0.29) is 5.41 Å². The Labute approximate surface area is 113 Å². The second-order valence-corrected chi connectivity index (χ2v) is 5.93. The van der Waals surface area contributed by atoms with E-state index in [2.05, 4.69) is 43.2 Å². The topological polar surface area (TPSA) is 69.6 Å². The van der Waals surface area contributed by atoms with E-state index >= 15 is 0 Å². The minimum atomic E-state index is 0.129. The fourth-order valence-electron chi connectivity index (χ4n) is 1.76. The van der Waals surface area contributed by atoms with E-state index in [9.17, 15) is 0 Å². The monoisotopic (exact) mass is 259 g/mol. The van der Waals surface area contributed by atoms with Crippen LogP contribution in [0.1, 0.15) is 27.7 Å². The number of anilines is 1. The van der Waals surface area contributed by atoms with E-state index in [0.29, 0.717) is 5.92 Å². The predicted octanol–water partition coefficient (Wildman–Crippen LogP) is 2.60. The Balaban J connectivity index is 2.33. The molecule has 1 aromatic heterocycles. The molecule has 0 bridgehead atoms. The molecule has 0 radical (unpaired) electrons. The number of nitrogens with zero attached hydrogens (tertiary/aromatic N) is 4. The molecule has 0 fully saturated rings. The van der Waals surface area contributed by atoms with Crippen LogP contribution in [0.25, 0.3) is 11.4 Å². The molecule has 0 saturated heterocycles. The predicted molar refractivity (Wildman–Crippen MR) is 76.3 cm³/mol. The molecule has 0 unspecified atom stereocenters. The van der Waals surface area contributed by atoms with E-state index in [1.807, 2.05) is 28.9 Å². The van der Waals surface area contributed by atoms with Crippen LogP contribution in [-0.4, -0.2) is 20.2 Å². The fraction of sp³-hybridized carbons (Fsp3) is 0.500. The average Bonchev–Trinajstić information content (AvgIpc) is 2.76. The Kier molecular flexibility index (Phi) is 3.55. The lowest BCUT2D eigenvalue weighted by atomic mass is 9.81. The Hall–Kier alpha value is -1.91. The van der Waals surface area contributed by atoms with Crippen molar-refractivity contribution in [3.8, 4) is 11.4 Å². The van der Waals surface area contributed by atoms with Crippen LogP contribution < -0.4 is 5.73 Å². The number of benzene rings is 1. The van der Waals surface area contributed by atoms with Crippen LogP contribution in [0.5, 0.6) is 0 Å². The summed E-state index contributed by atoms with van der Waals surface area (Å²) in [5, 5.41) is 12.0. The average molecular weight is 259 g/mol. The summed E-state index contributed by atoms with van der Waals surface area (Å²) in [4.78, 5) is 0. The molecule has 0 aliphatic rings. The van der Waals surface area contributed by atoms with Crippen molar-refractivity contribution in [3.63, 3.8) is 0 Å². The third-order valence-corrected chi connectivity index (χ3v) is 3.80. The number of hydrogen-bond donors (Lipinski definition) is 1. The maximum Gasteiger partial charge on any atom is 0.182 e. The van der Waals surface area contributed by atoms with Crippen LogP contribution in [0.2, 0.25) is 0 Å². The van der Waals surface area contributed by atoms with Crippen LogP contribution in [0.3, 0.4) is 0 Å². The maximum absolute atomic E-state index is 5.81. The van der Waals surface area contributed by atoms with Crippen molar-refractivity contribution in [3.05, 3.63) is 24.3 Å². The van der Waals surface area contributed by atoms with Crippen molar-refractivity contribution in [2.45, 2.75) is 34.2 Å². The van der Waals surface area contributed by atoms with Gasteiger partial charge < -0.3 is 5.73 Å². The second kappa shape index (κ2) is 4.99. The lowest BCUT2D eigenvalue weighted by molar-refractivity contribution is 0.200. The molecule has 1 heterocycles. The highest BCUT2D eigenvalue weighted by atomic mass is 15.5. The summed E-state index contributed by atoms with van der Waals surface area (Å²) in [6.45, 7) is 9.65. The van der Waals surface area contributed by atoms with Crippen molar-refractivity contribution >= 4 is 5.69 Å². The van der Waals surface area contributed by atoms with Gasteiger partial charge in [0.1, 0.15) is 0 Å². The Morgan fingerprint density at radius 2 is 2.05 bits per heavy atom. The molecule has 5 nitrogen and oxygen atoms in total. The van der Waals surface area contributed by atoms with Gasteiger partial charge in [0.15, 0.2) is 5.82 Å². The van der Waals surface area contributed by atoms with E-state index in [4.69, 9.17) is 5.73 Å². The van der Waals surface area contributed by atoms with Gasteiger partial charge in [-0.25, -0.2) is 4.68 Å². The molecule has 2 aromatic rings. The first-order chi connectivity index (χ1) is 8.90. The summed E-state index contributed by atoms with van der Waals surface area (Å²) >= 11 is 0. The zero-order valence-electron chi connectivity index (χ0n) is 12.0. The molecule has 0 saturated carbocycles. The summed E-state index contributed by atoms with van der Waals surface area (Å²) in [6.07, 6.45) is 0. The van der Waals surface area contributed by atoms with Crippen LogP contribution in [0.15, 0.2) is 24.3 Å². The standard InChI is InChI=1S/C14H21N5/c1-10(2)14(3,4)9-19-13(16-17-18-19)11-6-5-7-12(15)8-11/h5-8,10H,9,15H2,1-4H3. The van der Waals surface area contributed by atoms with Crippen LogP contribution in [0.4, 0.5) is 5.69 Å². The molecule has 0 aliphatic heterocycles. The fourth-order valence-corrected chi connectivity index (χ4v) is 1.76. The Bertz CT molecular complexity index is 556. The minimum absolute atomic E-state index is 0.129. The maximum atomic E-state index is 5.81. The second-order valence-electron chi connectivity index (χ2n) is 5.93. The number of tetrazole rings is 1. The van der Waals surface area contributed by atoms with Crippen molar-refractivity contribution in [1.29, 1.82) is 0 Å². The molecule has 102 valence electrons. The van der Waals surface area contributed by atoms with E-state index in [0.717, 1.165) is 23.6 Å². The summed E-state index contributed by atoms with van der Waals surface area (Å²) in [6, 6.07) is 7.64. The van der Waals surface area contributed by atoms with Crippen LogP contribution >= 0.6 is 0 Å². The van der Waals surface area contributed by atoms with Gasteiger partial charge in [-0.2, -0.15) is 0 Å². The highest BCUT2D eigenvalue weighted by Crippen LogP contribution is 2.29. The molecule has 0 amide bonds. The van der Waals surface area contributed by atoms with Crippen molar-refractivity contribution in [1.82, 2.24) is 20.2 Å². The zero-order valence-corrected chi connectivity index (χ0v) is 12.0. The zero-order chi connectivity index (χ0) is 14.0. The molecule has 2 rings (SSSR count). The van der Waals surface area contributed by atoms with Crippen LogP contribution in [-0.2, 0) is 6.54 Å². The molecular formula is C14H21N5. The smallest absolute Gasteiger partial charge is 0.182 e. The van der Waals surface area contributed by atoms with Gasteiger partial charge in [0.2, 0.25) is 0 Å². The first-order valence-electron chi connectivity index (χ1n) is 6.52. The summed E-state index contributed by atoms with van der Waals surface area (Å²) in [5.74, 6) is 1.31. The van der Waals surface area contributed by atoms with E-state index in [1.165, 1.54) is 0 Å². The Morgan fingerprint density at radius 1 is 1.32 bits per heavy atom. The van der Waals surface area contributed by atoms with Gasteiger partial charge in [-0.05, 0) is 33.9 Å². The van der Waals surface area contributed by atoms with E-state index in [1.54, 1.807) is 0 Å². The number of nitrogen functional groups attached to an aromatic ring is 1. The summed E-state index contributed by atoms with van der Waals surface area (Å²) in [5.41, 5.74) is 7.61. The normalized spacial score (nSPS) is 12.1. The highest BCUT2D eigenvalue weighted by Gasteiger charge is 2.25. The quantitative estimate of drug-likeness (QED) is 0.857. The van der Waals surface area contributed by atoms with Gasteiger partial charge in [0.05, 0.1) is 6.54 Å². The SMILES string of the molecule is CC(C)C(C)(C)Cn1nnnc1-c1cccc(N)c1. The first kappa shape index (κ1) is 13.5. The summed E-state index contributed by atoms with van der Waals surface area (Å²) in [7, 11) is 0. The van der Waals surface area contributed by atoms with Gasteiger partial charge in [-0.15, -0.1) is 5.10 Å². The van der Waals surface area contributed by atoms with Crippen molar-refractivity contribution < 1.29 is 0 Å². The van der Waals surface area contributed by atoms with Gasteiger partial charge in [0.25, 0.3) is 0 Å². The molecule has 19 heavy (non-hydrogen) atoms. The largest absolute Gasteiger partial charge is 0.399 e. The van der Waals surface area contributed by atoms with Gasteiger partial charge in [0, 0.05) is 11.3 Å². The van der Waals surface area contributed by atoms with Gasteiger partial charge in [-0.3, -0.25) is 0 Å². The number of aromatic nitrogens is 4. The lowest BCUT2D eigenvalue weighted by Crippen LogP contribution is -2.26. The van der Waals surface area contributed by atoms with E-state index < -0.39 is 0 Å². The van der Waals surface area contributed by atoms with Gasteiger partial charge in [-0.1, -0.05) is 39.8 Å². The van der Waals surface area contributed by atoms with Gasteiger partial charge >= 0.3 is 0 Å². The number of hydrogen-bond acceptors (Lipinski definition) is 4. The molecule has 0 atom stereocenters. The molecule has 0 aliphatic carbocycles. The number of rotatable bonds is 4. The van der Waals surface area contributed by atoms with Crippen molar-refractivity contribution in [2.75, 3.05) is 5.73 Å². The number of nitrogens with two attached hydrogens (primary N) is 1. The molecule has 2 N–H and O–H groups in total. The molecular weight excluding hydrogens is 238 g/mol. The molecule has 0 spiro atoms. The van der Waals surface area contributed by atoms with Crippen LogP contribution in [0, 0.1) is 11.3 Å². The highest BCUT2D eigenvalue weighted by molar-refractivity contribution is 5.60. The first-order valence-corrected chi connectivity index (χ1v) is 6.52.